The van der Waals surface area contributed by atoms with Crippen molar-refractivity contribution in [1.29, 1.82) is 0 Å². The number of alkyl halides is 2. The van der Waals surface area contributed by atoms with E-state index in [1.807, 2.05) is 30.3 Å². The highest BCUT2D eigenvalue weighted by atomic mass is 19.3. The van der Waals surface area contributed by atoms with Crippen LogP contribution in [0.2, 0.25) is 0 Å². The van der Waals surface area contributed by atoms with E-state index < -0.39 is 18.4 Å². The molecule has 0 bridgehead atoms. The highest BCUT2D eigenvalue weighted by Gasteiger charge is 2.38. The Labute approximate surface area is 219 Å². The van der Waals surface area contributed by atoms with Gasteiger partial charge >= 0.3 is 5.97 Å². The molecule has 10 heteroatoms. The van der Waals surface area contributed by atoms with Crippen molar-refractivity contribution in [1.82, 2.24) is 15.2 Å². The maximum atomic E-state index is 13.8. The molecule has 2 aromatic carbocycles. The number of benzene rings is 2. The molecule has 1 aliphatic rings. The number of carbonyl (C=O) groups is 3. The van der Waals surface area contributed by atoms with Crippen molar-refractivity contribution in [2.24, 2.45) is 0 Å². The van der Waals surface area contributed by atoms with Gasteiger partial charge in [0.05, 0.1) is 20.1 Å². The Balaban J connectivity index is 1.49. The number of carbonyl (C=O) groups excluding carboxylic acids is 3. The van der Waals surface area contributed by atoms with Gasteiger partial charge < -0.3 is 19.4 Å². The van der Waals surface area contributed by atoms with Gasteiger partial charge in [0.25, 0.3) is 11.8 Å². The van der Waals surface area contributed by atoms with Gasteiger partial charge in [-0.2, -0.15) is 0 Å². The number of rotatable bonds is 9. The summed E-state index contributed by atoms with van der Waals surface area (Å²) in [5.74, 6) is -3.89. The van der Waals surface area contributed by atoms with E-state index in [0.29, 0.717) is 12.0 Å². The molecule has 3 aromatic rings. The first-order chi connectivity index (χ1) is 18.2. The Kier molecular flexibility index (Phi) is 8.50. The summed E-state index contributed by atoms with van der Waals surface area (Å²) < 4.78 is 37.8. The fourth-order valence-electron chi connectivity index (χ4n) is 4.35. The fourth-order valence-corrected chi connectivity index (χ4v) is 4.35. The molecule has 1 aromatic heterocycles. The van der Waals surface area contributed by atoms with Crippen LogP contribution in [0.1, 0.15) is 46.4 Å². The molecule has 2 amide bonds. The minimum atomic E-state index is -2.92. The number of amides is 2. The molecule has 38 heavy (non-hydrogen) atoms. The molecule has 2 heterocycles. The van der Waals surface area contributed by atoms with Crippen molar-refractivity contribution in [3.05, 3.63) is 77.2 Å². The van der Waals surface area contributed by atoms with Crippen LogP contribution in [0, 0.1) is 0 Å². The molecule has 8 nitrogen and oxygen atoms in total. The second-order valence-electron chi connectivity index (χ2n) is 9.22. The van der Waals surface area contributed by atoms with Crippen LogP contribution in [0.15, 0.2) is 59.2 Å². The third-order valence-corrected chi connectivity index (χ3v) is 6.37. The summed E-state index contributed by atoms with van der Waals surface area (Å²) in [6, 6.07) is 14.7. The molecule has 0 atom stereocenters. The van der Waals surface area contributed by atoms with Crippen LogP contribution < -0.4 is 5.32 Å². The van der Waals surface area contributed by atoms with E-state index in [9.17, 15) is 23.2 Å². The number of ether oxygens (including phenoxy) is 1. The van der Waals surface area contributed by atoms with Crippen LogP contribution in [0.5, 0.6) is 0 Å². The molecule has 1 saturated heterocycles. The summed E-state index contributed by atoms with van der Waals surface area (Å²) in [6.07, 6.45) is 1.86. The predicted molar refractivity (Wildman–Crippen MR) is 134 cm³/mol. The molecule has 4 rings (SSSR count). The maximum absolute atomic E-state index is 13.8. The highest BCUT2D eigenvalue weighted by Crippen LogP contribution is 2.28. The summed E-state index contributed by atoms with van der Waals surface area (Å²) in [5.41, 5.74) is 2.97. The van der Waals surface area contributed by atoms with E-state index in [1.165, 1.54) is 7.11 Å². The first-order valence-corrected chi connectivity index (χ1v) is 12.4. The second kappa shape index (κ2) is 12.0. The molecular weight excluding hydrogens is 496 g/mol. The third kappa shape index (κ3) is 7.02. The smallest absolute Gasteiger partial charge is 0.305 e. The lowest BCUT2D eigenvalue weighted by Gasteiger charge is -2.31. The van der Waals surface area contributed by atoms with Crippen molar-refractivity contribution >= 4 is 17.8 Å². The monoisotopic (exact) mass is 525 g/mol. The normalized spacial score (nSPS) is 14.7. The van der Waals surface area contributed by atoms with Gasteiger partial charge in [0, 0.05) is 31.5 Å². The maximum Gasteiger partial charge on any atom is 0.305 e. The highest BCUT2D eigenvalue weighted by molar-refractivity contribution is 5.92. The average molecular weight is 526 g/mol. The third-order valence-electron chi connectivity index (χ3n) is 6.37. The number of oxazole rings is 1. The van der Waals surface area contributed by atoms with E-state index in [1.54, 1.807) is 18.2 Å². The van der Waals surface area contributed by atoms with E-state index in [4.69, 9.17) is 9.15 Å². The van der Waals surface area contributed by atoms with Gasteiger partial charge in [-0.3, -0.25) is 14.4 Å². The Bertz CT molecular complexity index is 1290. The number of methoxy groups -OCH3 is 1. The first-order valence-electron chi connectivity index (χ1n) is 12.4. The van der Waals surface area contributed by atoms with Gasteiger partial charge in [-0.15, -0.1) is 0 Å². The van der Waals surface area contributed by atoms with Crippen molar-refractivity contribution in [3.8, 4) is 11.5 Å². The molecular formula is C28H29F2N3O5. The molecule has 200 valence electrons. The van der Waals surface area contributed by atoms with Crippen LogP contribution in [0.4, 0.5) is 8.78 Å². The molecule has 0 radical (unpaired) electrons. The number of nitrogens with zero attached hydrogens (tertiary/aromatic N) is 2. The summed E-state index contributed by atoms with van der Waals surface area (Å²) >= 11 is 0. The Morgan fingerprint density at radius 2 is 1.92 bits per heavy atom. The van der Waals surface area contributed by atoms with Gasteiger partial charge in [0.2, 0.25) is 11.8 Å². The zero-order valence-corrected chi connectivity index (χ0v) is 21.0. The number of aromatic nitrogens is 1. The molecule has 0 saturated carbocycles. The van der Waals surface area contributed by atoms with Gasteiger partial charge in [0.1, 0.15) is 6.26 Å². The molecule has 0 aliphatic carbocycles. The van der Waals surface area contributed by atoms with Crippen LogP contribution in [-0.2, 0) is 33.7 Å². The summed E-state index contributed by atoms with van der Waals surface area (Å²) in [6.45, 7) is -0.156. The minimum Gasteiger partial charge on any atom is -0.469 e. The minimum absolute atomic E-state index is 0.0499. The van der Waals surface area contributed by atoms with Crippen molar-refractivity contribution in [3.63, 3.8) is 0 Å². The number of esters is 1. The van der Waals surface area contributed by atoms with Crippen LogP contribution in [0.25, 0.3) is 11.5 Å². The van der Waals surface area contributed by atoms with E-state index >= 15 is 0 Å². The Morgan fingerprint density at radius 1 is 1.13 bits per heavy atom. The van der Waals surface area contributed by atoms with Gasteiger partial charge in [-0.1, -0.05) is 36.4 Å². The largest absolute Gasteiger partial charge is 0.469 e. The summed E-state index contributed by atoms with van der Waals surface area (Å²) in [5, 5.41) is 2.91. The number of hydrogen-bond acceptors (Lipinski definition) is 6. The molecule has 1 N–H and O–H groups in total. The molecule has 1 aliphatic heterocycles. The average Bonchev–Trinajstić information content (AvgIpc) is 3.40. The lowest BCUT2D eigenvalue weighted by atomic mass is 9.99. The second-order valence-corrected chi connectivity index (χ2v) is 9.22. The van der Waals surface area contributed by atoms with Gasteiger partial charge in [-0.05, 0) is 41.7 Å². The lowest BCUT2D eigenvalue weighted by molar-refractivity contribution is -0.140. The van der Waals surface area contributed by atoms with E-state index in [-0.39, 0.29) is 62.2 Å². The number of likely N-dealkylation sites (tertiary alicyclic amines) is 1. The van der Waals surface area contributed by atoms with Crippen LogP contribution >= 0.6 is 0 Å². The zero-order chi connectivity index (χ0) is 27.1. The summed E-state index contributed by atoms with van der Waals surface area (Å²) in [4.78, 5) is 42.3. The number of aryl methyl sites for hydroxylation is 1. The lowest BCUT2D eigenvalue weighted by Crippen LogP contribution is -2.45. The predicted octanol–water partition coefficient (Wildman–Crippen LogP) is 4.18. The van der Waals surface area contributed by atoms with Gasteiger partial charge in [0.15, 0.2) is 5.69 Å². The fraction of sp³-hybridized carbons (Fsp3) is 0.357. The molecule has 1 fully saturated rings. The molecule has 0 spiro atoms. The number of halogens is 2. The van der Waals surface area contributed by atoms with Crippen LogP contribution in [0.3, 0.4) is 0 Å². The topological polar surface area (TPSA) is 102 Å². The number of nitrogens with one attached hydrogen (secondary N) is 1. The van der Waals surface area contributed by atoms with E-state index in [0.717, 1.165) is 27.9 Å². The quantitative estimate of drug-likeness (QED) is 0.421. The number of piperidine rings is 1. The van der Waals surface area contributed by atoms with Crippen molar-refractivity contribution in [2.75, 3.05) is 20.2 Å². The van der Waals surface area contributed by atoms with E-state index in [2.05, 4.69) is 10.3 Å². The van der Waals surface area contributed by atoms with Gasteiger partial charge in [-0.25, -0.2) is 13.8 Å². The summed E-state index contributed by atoms with van der Waals surface area (Å²) in [7, 11) is 1.31. The zero-order valence-electron chi connectivity index (χ0n) is 21.0. The Morgan fingerprint density at radius 3 is 2.66 bits per heavy atom. The van der Waals surface area contributed by atoms with Crippen LogP contribution in [-0.4, -0.2) is 53.8 Å². The van der Waals surface area contributed by atoms with Crippen molar-refractivity contribution in [2.45, 2.75) is 44.6 Å². The first kappa shape index (κ1) is 27.0. The van der Waals surface area contributed by atoms with Crippen molar-refractivity contribution < 1.29 is 32.3 Å². The number of hydrogen-bond donors (Lipinski definition) is 1. The standard InChI is InChI=1S/C28H29F2N3O5/c1-37-25(35)11-10-20-15-21(8-9-22(20)16-31-24(34)14-19-6-3-2-4-7-19)26-32-23(17-38-26)27(36)33-13-5-12-28(29,30)18-33/h2-4,6-9,15,17H,5,10-14,16,18H2,1H3,(H,31,34). The SMILES string of the molecule is COC(=O)CCc1cc(-c2nc(C(=O)N3CCCC(F)(F)C3)co2)ccc1CNC(=O)Cc1ccccc1. The Hall–Kier alpha value is -4.08. The molecule has 0 unspecified atom stereocenters.